The van der Waals surface area contributed by atoms with Crippen LogP contribution in [-0.4, -0.2) is 9.97 Å². The quantitative estimate of drug-likeness (QED) is 0.652. The summed E-state index contributed by atoms with van der Waals surface area (Å²) in [5, 5.41) is 0. The molecule has 3 N–H and O–H groups in total. The molecule has 0 unspecified atom stereocenters. The molecule has 0 amide bonds. The maximum absolute atomic E-state index is 13.2. The van der Waals surface area contributed by atoms with E-state index in [1.807, 2.05) is 0 Å². The molecule has 0 bridgehead atoms. The van der Waals surface area contributed by atoms with Crippen LogP contribution in [0.15, 0.2) is 22.7 Å². The van der Waals surface area contributed by atoms with Crippen LogP contribution in [0, 0.1) is 5.82 Å². The molecule has 1 aliphatic carbocycles. The number of nitrogens with zero attached hydrogens (tertiary/aromatic N) is 2. The Hall–Kier alpha value is -1.53. The zero-order valence-electron chi connectivity index (χ0n) is 10.8. The van der Waals surface area contributed by atoms with Gasteiger partial charge < -0.3 is 5.43 Å². The Morgan fingerprint density at radius 1 is 1.20 bits per heavy atom. The molecule has 1 heterocycles. The van der Waals surface area contributed by atoms with Crippen molar-refractivity contribution in [2.24, 2.45) is 5.84 Å². The molecule has 0 atom stereocenters. The molecule has 0 fully saturated rings. The lowest BCUT2D eigenvalue weighted by Crippen LogP contribution is -2.17. The number of nitrogen functional groups attached to an aromatic ring is 1. The van der Waals surface area contributed by atoms with E-state index in [0.29, 0.717) is 16.1 Å². The zero-order chi connectivity index (χ0) is 14.1. The van der Waals surface area contributed by atoms with Crippen molar-refractivity contribution in [2.45, 2.75) is 25.7 Å². The standard InChI is InChI=1S/C14H14BrFN4/c15-11-7-8(16)5-6-9(11)13-18-12-4-2-1-3-10(12)14(19-13)20-17/h5-7H,1-4,17H2,(H,18,19,20). The molecular formula is C14H14BrFN4. The van der Waals surface area contributed by atoms with Crippen molar-refractivity contribution < 1.29 is 4.39 Å². The number of aromatic nitrogens is 2. The van der Waals surface area contributed by atoms with Gasteiger partial charge in [-0.15, -0.1) is 0 Å². The Morgan fingerprint density at radius 3 is 2.75 bits per heavy atom. The van der Waals surface area contributed by atoms with Gasteiger partial charge in [0.25, 0.3) is 0 Å². The maximum Gasteiger partial charge on any atom is 0.162 e. The molecular weight excluding hydrogens is 323 g/mol. The Bertz CT molecular complexity index is 643. The Balaban J connectivity index is 2.14. The lowest BCUT2D eigenvalue weighted by atomic mass is 9.96. The molecule has 0 spiro atoms. The van der Waals surface area contributed by atoms with Crippen molar-refractivity contribution in [1.29, 1.82) is 0 Å². The predicted molar refractivity (Wildman–Crippen MR) is 79.6 cm³/mol. The van der Waals surface area contributed by atoms with Crippen LogP contribution in [0.25, 0.3) is 11.4 Å². The molecule has 20 heavy (non-hydrogen) atoms. The van der Waals surface area contributed by atoms with E-state index in [1.165, 1.54) is 12.1 Å². The van der Waals surface area contributed by atoms with Gasteiger partial charge in [-0.3, -0.25) is 0 Å². The van der Waals surface area contributed by atoms with Crippen LogP contribution in [-0.2, 0) is 12.8 Å². The first-order chi connectivity index (χ1) is 9.69. The van der Waals surface area contributed by atoms with E-state index in [9.17, 15) is 4.39 Å². The number of fused-ring (bicyclic) bond motifs is 1. The van der Waals surface area contributed by atoms with Crippen molar-refractivity contribution in [3.63, 3.8) is 0 Å². The largest absolute Gasteiger partial charge is 0.308 e. The number of nitrogens with one attached hydrogen (secondary N) is 1. The highest BCUT2D eigenvalue weighted by Gasteiger charge is 2.19. The smallest absolute Gasteiger partial charge is 0.162 e. The fraction of sp³-hybridized carbons (Fsp3) is 0.286. The minimum Gasteiger partial charge on any atom is -0.308 e. The highest BCUT2D eigenvalue weighted by molar-refractivity contribution is 9.10. The second-order valence-corrected chi connectivity index (χ2v) is 5.65. The van der Waals surface area contributed by atoms with E-state index in [0.717, 1.165) is 42.5 Å². The minimum atomic E-state index is -0.296. The van der Waals surface area contributed by atoms with E-state index in [2.05, 4.69) is 31.3 Å². The number of halogens is 2. The van der Waals surface area contributed by atoms with E-state index >= 15 is 0 Å². The second kappa shape index (κ2) is 5.46. The molecule has 2 aromatic rings. The summed E-state index contributed by atoms with van der Waals surface area (Å²) in [6.45, 7) is 0. The number of rotatable bonds is 2. The number of benzene rings is 1. The fourth-order valence-corrected chi connectivity index (χ4v) is 3.03. The first-order valence-corrected chi connectivity index (χ1v) is 7.30. The number of aryl methyl sites for hydroxylation is 1. The normalized spacial score (nSPS) is 13.9. The van der Waals surface area contributed by atoms with E-state index < -0.39 is 0 Å². The van der Waals surface area contributed by atoms with Gasteiger partial charge in [0.15, 0.2) is 5.82 Å². The highest BCUT2D eigenvalue weighted by atomic mass is 79.9. The highest BCUT2D eigenvalue weighted by Crippen LogP contribution is 2.31. The molecule has 1 aromatic carbocycles. The number of anilines is 1. The summed E-state index contributed by atoms with van der Waals surface area (Å²) in [4.78, 5) is 9.09. The Labute approximate surface area is 124 Å². The van der Waals surface area contributed by atoms with Gasteiger partial charge in [-0.1, -0.05) is 0 Å². The van der Waals surface area contributed by atoms with Crippen molar-refractivity contribution in [1.82, 2.24) is 9.97 Å². The van der Waals surface area contributed by atoms with Crippen LogP contribution in [0.2, 0.25) is 0 Å². The van der Waals surface area contributed by atoms with Gasteiger partial charge in [-0.25, -0.2) is 20.2 Å². The second-order valence-electron chi connectivity index (χ2n) is 4.80. The van der Waals surface area contributed by atoms with E-state index in [1.54, 1.807) is 6.07 Å². The summed E-state index contributed by atoms with van der Waals surface area (Å²) < 4.78 is 13.8. The van der Waals surface area contributed by atoms with Crippen molar-refractivity contribution in [3.05, 3.63) is 39.7 Å². The molecule has 6 heteroatoms. The number of hydrogen-bond donors (Lipinski definition) is 2. The summed E-state index contributed by atoms with van der Waals surface area (Å²) >= 11 is 3.35. The predicted octanol–water partition coefficient (Wildman–Crippen LogP) is 3.21. The summed E-state index contributed by atoms with van der Waals surface area (Å²) in [5.41, 5.74) is 5.55. The first kappa shape index (κ1) is 13.5. The molecule has 4 nitrogen and oxygen atoms in total. The maximum atomic E-state index is 13.2. The monoisotopic (exact) mass is 336 g/mol. The lowest BCUT2D eigenvalue weighted by Gasteiger charge is -2.19. The number of hydrazine groups is 1. The minimum absolute atomic E-state index is 0.296. The van der Waals surface area contributed by atoms with Gasteiger partial charge in [0.1, 0.15) is 11.6 Å². The summed E-state index contributed by atoms with van der Waals surface area (Å²) in [7, 11) is 0. The van der Waals surface area contributed by atoms with Gasteiger partial charge >= 0.3 is 0 Å². The van der Waals surface area contributed by atoms with Gasteiger partial charge in [-0.2, -0.15) is 0 Å². The number of nitrogens with two attached hydrogens (primary N) is 1. The summed E-state index contributed by atoms with van der Waals surface area (Å²) in [6.07, 6.45) is 4.13. The average molecular weight is 337 g/mol. The average Bonchev–Trinajstić information content (AvgIpc) is 2.46. The van der Waals surface area contributed by atoms with Crippen molar-refractivity contribution in [3.8, 4) is 11.4 Å². The number of hydrogen-bond acceptors (Lipinski definition) is 4. The molecule has 0 aliphatic heterocycles. The third-order valence-corrected chi connectivity index (χ3v) is 4.15. The van der Waals surface area contributed by atoms with Crippen LogP contribution < -0.4 is 11.3 Å². The van der Waals surface area contributed by atoms with Crippen molar-refractivity contribution in [2.75, 3.05) is 5.43 Å². The Kier molecular flexibility index (Phi) is 3.67. The SMILES string of the molecule is NNc1nc(-c2ccc(F)cc2Br)nc2c1CCCC2. The molecule has 0 saturated carbocycles. The zero-order valence-corrected chi connectivity index (χ0v) is 12.4. The first-order valence-electron chi connectivity index (χ1n) is 6.51. The summed E-state index contributed by atoms with van der Waals surface area (Å²) in [5.74, 6) is 6.50. The van der Waals surface area contributed by atoms with Gasteiger partial charge in [0.05, 0.1) is 0 Å². The molecule has 1 aliphatic rings. The molecule has 104 valence electrons. The van der Waals surface area contributed by atoms with Crippen molar-refractivity contribution >= 4 is 21.7 Å². The molecule has 0 radical (unpaired) electrons. The molecule has 0 saturated heterocycles. The molecule has 1 aromatic heterocycles. The van der Waals surface area contributed by atoms with Gasteiger partial charge in [0, 0.05) is 21.3 Å². The fourth-order valence-electron chi connectivity index (χ4n) is 2.50. The van der Waals surface area contributed by atoms with Crippen LogP contribution in [0.5, 0.6) is 0 Å². The van der Waals surface area contributed by atoms with Crippen LogP contribution in [0.1, 0.15) is 24.1 Å². The topological polar surface area (TPSA) is 63.8 Å². The Morgan fingerprint density at radius 2 is 2.00 bits per heavy atom. The lowest BCUT2D eigenvalue weighted by molar-refractivity contribution is 0.627. The summed E-state index contributed by atoms with van der Waals surface area (Å²) in [6, 6.07) is 4.48. The third-order valence-electron chi connectivity index (χ3n) is 3.49. The molecule has 3 rings (SSSR count). The third kappa shape index (κ3) is 2.41. The van der Waals surface area contributed by atoms with Crippen LogP contribution in [0.4, 0.5) is 10.2 Å². The van der Waals surface area contributed by atoms with Crippen LogP contribution in [0.3, 0.4) is 0 Å². The van der Waals surface area contributed by atoms with Crippen LogP contribution >= 0.6 is 15.9 Å². The van der Waals surface area contributed by atoms with Gasteiger partial charge in [-0.05, 0) is 59.8 Å². The van der Waals surface area contributed by atoms with Gasteiger partial charge in [0.2, 0.25) is 0 Å². The van der Waals surface area contributed by atoms with E-state index in [4.69, 9.17) is 5.84 Å². The van der Waals surface area contributed by atoms with E-state index in [-0.39, 0.29) is 5.82 Å².